The molecule has 0 heterocycles. The lowest BCUT2D eigenvalue weighted by atomic mass is 10.2. The summed E-state index contributed by atoms with van der Waals surface area (Å²) < 4.78 is 55.1. The Morgan fingerprint density at radius 1 is 1.14 bits per heavy atom. The van der Waals surface area contributed by atoms with Gasteiger partial charge in [0, 0.05) is 0 Å². The Morgan fingerprint density at radius 2 is 1.86 bits per heavy atom. The zero-order valence-corrected chi connectivity index (χ0v) is 11.8. The van der Waals surface area contributed by atoms with Crippen molar-refractivity contribution in [3.05, 3.63) is 58.6 Å². The van der Waals surface area contributed by atoms with Gasteiger partial charge in [-0.2, -0.15) is 13.7 Å². The Kier molecular flexibility index (Phi) is 4.11. The molecule has 0 atom stereocenters. The average molecular weight is 330 g/mol. The highest BCUT2D eigenvalue weighted by Crippen LogP contribution is 2.29. The maximum atomic E-state index is 13.5. The van der Waals surface area contributed by atoms with Crippen LogP contribution in [-0.4, -0.2) is 8.42 Å². The van der Waals surface area contributed by atoms with Crippen LogP contribution in [0.1, 0.15) is 5.56 Å². The number of nitriles is 1. The van der Waals surface area contributed by atoms with Crippen LogP contribution < -0.4 is 4.18 Å². The first-order valence-electron chi connectivity index (χ1n) is 5.42. The van der Waals surface area contributed by atoms with E-state index in [2.05, 4.69) is 4.18 Å². The summed E-state index contributed by atoms with van der Waals surface area (Å²) in [6, 6.07) is 7.38. The van der Waals surface area contributed by atoms with Gasteiger partial charge in [-0.1, -0.05) is 11.6 Å². The van der Waals surface area contributed by atoms with Gasteiger partial charge >= 0.3 is 10.1 Å². The summed E-state index contributed by atoms with van der Waals surface area (Å²) in [5.41, 5.74) is 0.196. The topological polar surface area (TPSA) is 67.2 Å². The molecule has 0 N–H and O–H groups in total. The molecule has 0 saturated heterocycles. The van der Waals surface area contributed by atoms with Crippen molar-refractivity contribution < 1.29 is 21.4 Å². The Bertz CT molecular complexity index is 847. The van der Waals surface area contributed by atoms with E-state index in [-0.39, 0.29) is 16.3 Å². The first kappa shape index (κ1) is 15.2. The van der Waals surface area contributed by atoms with Crippen molar-refractivity contribution in [3.63, 3.8) is 0 Å². The van der Waals surface area contributed by atoms with Crippen LogP contribution in [0.4, 0.5) is 8.78 Å². The molecule has 0 unspecified atom stereocenters. The molecular formula is C13H6ClF2NO3S. The highest BCUT2D eigenvalue weighted by Gasteiger charge is 2.23. The zero-order valence-electron chi connectivity index (χ0n) is 10.2. The van der Waals surface area contributed by atoms with Crippen LogP contribution >= 0.6 is 11.6 Å². The molecule has 0 aliphatic rings. The number of benzene rings is 2. The summed E-state index contributed by atoms with van der Waals surface area (Å²) in [6.45, 7) is 0. The van der Waals surface area contributed by atoms with Crippen molar-refractivity contribution in [1.29, 1.82) is 5.26 Å². The van der Waals surface area contributed by atoms with Crippen LogP contribution in [0, 0.1) is 23.0 Å². The Labute approximate surface area is 124 Å². The van der Waals surface area contributed by atoms with Crippen LogP contribution in [0.5, 0.6) is 5.75 Å². The highest BCUT2D eigenvalue weighted by molar-refractivity contribution is 7.87. The standard InChI is InChI=1S/C13H6ClF2NO3S/c14-10-5-8(7-17)1-4-12(10)20-21(18,19)13-6-9(15)2-3-11(13)16/h1-6H. The molecule has 0 bridgehead atoms. The van der Waals surface area contributed by atoms with Crippen LogP contribution in [0.15, 0.2) is 41.3 Å². The molecule has 2 aromatic rings. The van der Waals surface area contributed by atoms with Gasteiger partial charge in [0.2, 0.25) is 0 Å². The molecule has 0 fully saturated rings. The number of halogens is 3. The minimum atomic E-state index is -4.59. The molecular weight excluding hydrogens is 324 g/mol. The van der Waals surface area contributed by atoms with E-state index in [1.807, 2.05) is 6.07 Å². The van der Waals surface area contributed by atoms with Crippen LogP contribution in [0.25, 0.3) is 0 Å². The Balaban J connectivity index is 2.43. The Morgan fingerprint density at radius 3 is 2.48 bits per heavy atom. The fourth-order valence-electron chi connectivity index (χ4n) is 1.47. The second-order valence-corrected chi connectivity index (χ2v) is 5.79. The molecule has 2 aromatic carbocycles. The molecule has 0 aromatic heterocycles. The molecule has 0 amide bonds. The van der Waals surface area contributed by atoms with Gasteiger partial charge in [-0.05, 0) is 36.4 Å². The van der Waals surface area contributed by atoms with E-state index in [1.165, 1.54) is 12.1 Å². The van der Waals surface area contributed by atoms with E-state index in [0.717, 1.165) is 12.1 Å². The maximum Gasteiger partial charge on any atom is 0.342 e. The van der Waals surface area contributed by atoms with Crippen molar-refractivity contribution in [3.8, 4) is 11.8 Å². The number of nitrogens with zero attached hydrogens (tertiary/aromatic N) is 1. The van der Waals surface area contributed by atoms with E-state index in [0.29, 0.717) is 12.1 Å². The maximum absolute atomic E-state index is 13.5. The van der Waals surface area contributed by atoms with Gasteiger partial charge in [-0.25, -0.2) is 8.78 Å². The Hall–Kier alpha value is -2.17. The van der Waals surface area contributed by atoms with E-state index in [4.69, 9.17) is 16.9 Å². The summed E-state index contributed by atoms with van der Waals surface area (Å²) in [5.74, 6) is -2.37. The third kappa shape index (κ3) is 3.29. The quantitative estimate of drug-likeness (QED) is 0.811. The lowest BCUT2D eigenvalue weighted by Gasteiger charge is -2.09. The van der Waals surface area contributed by atoms with Crippen LogP contribution in [-0.2, 0) is 10.1 Å². The van der Waals surface area contributed by atoms with Crippen molar-refractivity contribution in [1.82, 2.24) is 0 Å². The van der Waals surface area contributed by atoms with Gasteiger partial charge in [0.05, 0.1) is 16.7 Å². The third-order valence-electron chi connectivity index (χ3n) is 2.42. The van der Waals surface area contributed by atoms with Crippen molar-refractivity contribution in [2.45, 2.75) is 4.90 Å². The summed E-state index contributed by atoms with van der Waals surface area (Å²) in [6.07, 6.45) is 0. The summed E-state index contributed by atoms with van der Waals surface area (Å²) in [7, 11) is -4.59. The summed E-state index contributed by atoms with van der Waals surface area (Å²) in [5, 5.41) is 8.53. The first-order valence-corrected chi connectivity index (χ1v) is 7.21. The molecule has 0 radical (unpaired) electrons. The van der Waals surface area contributed by atoms with E-state index in [1.54, 1.807) is 0 Å². The van der Waals surface area contributed by atoms with Gasteiger partial charge in [0.15, 0.2) is 5.75 Å². The summed E-state index contributed by atoms with van der Waals surface area (Å²) >= 11 is 5.76. The minimum Gasteiger partial charge on any atom is -0.377 e. The number of hydrogen-bond acceptors (Lipinski definition) is 4. The number of rotatable bonds is 3. The largest absolute Gasteiger partial charge is 0.377 e. The fraction of sp³-hybridized carbons (Fsp3) is 0. The molecule has 0 saturated carbocycles. The smallest absolute Gasteiger partial charge is 0.342 e. The minimum absolute atomic E-state index is 0.144. The lowest BCUT2D eigenvalue weighted by Crippen LogP contribution is -2.12. The third-order valence-corrected chi connectivity index (χ3v) is 3.97. The second kappa shape index (κ2) is 5.68. The second-order valence-electron chi connectivity index (χ2n) is 3.87. The van der Waals surface area contributed by atoms with E-state index >= 15 is 0 Å². The predicted molar refractivity (Wildman–Crippen MR) is 70.3 cm³/mol. The van der Waals surface area contributed by atoms with Gasteiger partial charge in [0.1, 0.15) is 16.5 Å². The normalized spacial score (nSPS) is 11.0. The predicted octanol–water partition coefficient (Wildman–Crippen LogP) is 3.26. The van der Waals surface area contributed by atoms with Gasteiger partial charge in [-0.3, -0.25) is 0 Å². The van der Waals surface area contributed by atoms with Crippen LogP contribution in [0.2, 0.25) is 5.02 Å². The summed E-state index contributed by atoms with van der Waals surface area (Å²) in [4.78, 5) is -0.942. The molecule has 8 heteroatoms. The molecule has 2 rings (SSSR count). The fourth-order valence-corrected chi connectivity index (χ4v) is 2.77. The molecule has 0 aliphatic heterocycles. The highest BCUT2D eigenvalue weighted by atomic mass is 35.5. The molecule has 108 valence electrons. The van der Waals surface area contributed by atoms with Crippen molar-refractivity contribution in [2.24, 2.45) is 0 Å². The van der Waals surface area contributed by atoms with Crippen molar-refractivity contribution in [2.75, 3.05) is 0 Å². The number of hydrogen-bond donors (Lipinski definition) is 0. The van der Waals surface area contributed by atoms with Crippen molar-refractivity contribution >= 4 is 21.7 Å². The molecule has 21 heavy (non-hydrogen) atoms. The van der Waals surface area contributed by atoms with Crippen LogP contribution in [0.3, 0.4) is 0 Å². The van der Waals surface area contributed by atoms with E-state index < -0.39 is 26.6 Å². The lowest BCUT2D eigenvalue weighted by molar-refractivity contribution is 0.474. The average Bonchev–Trinajstić information content (AvgIpc) is 2.43. The molecule has 0 aliphatic carbocycles. The SMILES string of the molecule is N#Cc1ccc(OS(=O)(=O)c2cc(F)ccc2F)c(Cl)c1. The van der Waals surface area contributed by atoms with Gasteiger partial charge in [-0.15, -0.1) is 0 Å². The zero-order chi connectivity index (χ0) is 15.6. The van der Waals surface area contributed by atoms with Gasteiger partial charge < -0.3 is 4.18 Å². The molecule has 0 spiro atoms. The monoisotopic (exact) mass is 329 g/mol. The van der Waals surface area contributed by atoms with Gasteiger partial charge in [0.25, 0.3) is 0 Å². The molecule has 4 nitrogen and oxygen atoms in total. The van der Waals surface area contributed by atoms with E-state index in [9.17, 15) is 17.2 Å². The first-order chi connectivity index (χ1) is 9.83.